The van der Waals surface area contributed by atoms with Crippen LogP contribution in [0.15, 0.2) is 0 Å². The van der Waals surface area contributed by atoms with Crippen molar-refractivity contribution in [3.8, 4) is 12.3 Å². The van der Waals surface area contributed by atoms with E-state index >= 15 is 0 Å². The van der Waals surface area contributed by atoms with Gasteiger partial charge in [0.05, 0.1) is 6.04 Å². The first kappa shape index (κ1) is 14.0. The summed E-state index contributed by atoms with van der Waals surface area (Å²) in [6.07, 6.45) is 8.42. The van der Waals surface area contributed by atoms with Crippen LogP contribution in [0.1, 0.15) is 39.5 Å². The fourth-order valence-corrected chi connectivity index (χ4v) is 1.33. The fourth-order valence-electron chi connectivity index (χ4n) is 1.33. The van der Waals surface area contributed by atoms with Crippen molar-refractivity contribution >= 4 is 5.91 Å². The van der Waals surface area contributed by atoms with Gasteiger partial charge in [-0.2, -0.15) is 0 Å². The summed E-state index contributed by atoms with van der Waals surface area (Å²) in [5.41, 5.74) is 5.43. The number of nitrogens with two attached hydrogens (primary N) is 1. The van der Waals surface area contributed by atoms with Crippen LogP contribution >= 0.6 is 0 Å². The van der Waals surface area contributed by atoms with Crippen LogP contribution in [0.2, 0.25) is 0 Å². The van der Waals surface area contributed by atoms with E-state index in [2.05, 4.69) is 18.2 Å². The van der Waals surface area contributed by atoms with Gasteiger partial charge in [-0.1, -0.05) is 19.8 Å². The van der Waals surface area contributed by atoms with E-state index in [9.17, 15) is 4.79 Å². The van der Waals surface area contributed by atoms with Crippen LogP contribution in [0, 0.1) is 18.3 Å². The summed E-state index contributed by atoms with van der Waals surface area (Å²) in [5.74, 6) is 3.09. The molecule has 2 atom stereocenters. The van der Waals surface area contributed by atoms with Gasteiger partial charge in [-0.3, -0.25) is 4.79 Å². The lowest BCUT2D eigenvalue weighted by molar-refractivity contribution is -0.121. The molecule has 0 radical (unpaired) electrons. The molecule has 86 valence electrons. The highest BCUT2D eigenvalue weighted by molar-refractivity contribution is 5.76. The first-order valence-corrected chi connectivity index (χ1v) is 5.59. The van der Waals surface area contributed by atoms with Crippen molar-refractivity contribution in [2.24, 2.45) is 11.7 Å². The van der Waals surface area contributed by atoms with E-state index in [-0.39, 0.29) is 11.9 Å². The van der Waals surface area contributed by atoms with Crippen molar-refractivity contribution in [3.05, 3.63) is 0 Å². The number of carbonyl (C=O) groups is 1. The number of terminal acetylenes is 1. The van der Waals surface area contributed by atoms with Gasteiger partial charge < -0.3 is 11.1 Å². The van der Waals surface area contributed by atoms with E-state index in [1.165, 1.54) is 0 Å². The van der Waals surface area contributed by atoms with Crippen LogP contribution in [0.3, 0.4) is 0 Å². The molecule has 0 aromatic heterocycles. The van der Waals surface area contributed by atoms with Crippen molar-refractivity contribution in [3.63, 3.8) is 0 Å². The predicted octanol–water partition coefficient (Wildman–Crippen LogP) is 1.28. The normalized spacial score (nSPS) is 14.0. The largest absolute Gasteiger partial charge is 0.342 e. The average Bonchev–Trinajstić information content (AvgIpc) is 2.23. The molecule has 0 saturated heterocycles. The summed E-state index contributed by atoms with van der Waals surface area (Å²) < 4.78 is 0. The van der Waals surface area contributed by atoms with Crippen LogP contribution in [0.5, 0.6) is 0 Å². The number of hydrogen-bond acceptors (Lipinski definition) is 2. The molecule has 0 fully saturated rings. The van der Waals surface area contributed by atoms with Gasteiger partial charge in [0.1, 0.15) is 0 Å². The second-order valence-electron chi connectivity index (χ2n) is 3.92. The smallest absolute Gasteiger partial charge is 0.220 e. The Morgan fingerprint density at radius 2 is 2.20 bits per heavy atom. The van der Waals surface area contributed by atoms with Crippen molar-refractivity contribution < 1.29 is 4.79 Å². The second kappa shape index (κ2) is 8.31. The van der Waals surface area contributed by atoms with Crippen molar-refractivity contribution in [2.75, 3.05) is 6.54 Å². The molecular weight excluding hydrogens is 188 g/mol. The van der Waals surface area contributed by atoms with Gasteiger partial charge in [0.2, 0.25) is 5.91 Å². The molecule has 3 nitrogen and oxygen atoms in total. The summed E-state index contributed by atoms with van der Waals surface area (Å²) >= 11 is 0. The first-order chi connectivity index (χ1) is 7.13. The van der Waals surface area contributed by atoms with Gasteiger partial charge in [0, 0.05) is 6.42 Å². The van der Waals surface area contributed by atoms with Crippen molar-refractivity contribution in [2.45, 2.75) is 45.6 Å². The molecule has 0 saturated carbocycles. The monoisotopic (exact) mass is 210 g/mol. The highest BCUT2D eigenvalue weighted by Crippen LogP contribution is 2.08. The lowest BCUT2D eigenvalue weighted by Gasteiger charge is -2.12. The molecule has 0 heterocycles. The van der Waals surface area contributed by atoms with Gasteiger partial charge in [-0.15, -0.1) is 6.42 Å². The highest BCUT2D eigenvalue weighted by Gasteiger charge is 2.09. The fraction of sp³-hybridized carbons (Fsp3) is 0.750. The van der Waals surface area contributed by atoms with Crippen LogP contribution < -0.4 is 11.1 Å². The van der Waals surface area contributed by atoms with Gasteiger partial charge in [0.15, 0.2) is 0 Å². The van der Waals surface area contributed by atoms with Crippen LogP contribution in [0.25, 0.3) is 0 Å². The number of rotatable bonds is 7. The summed E-state index contributed by atoms with van der Waals surface area (Å²) in [5, 5.41) is 2.81. The minimum absolute atomic E-state index is 0.0451. The van der Waals surface area contributed by atoms with Crippen molar-refractivity contribution in [1.29, 1.82) is 0 Å². The SMILES string of the molecule is C#CC(CC)NC(=O)CCC(C)CCN. The minimum Gasteiger partial charge on any atom is -0.342 e. The van der Waals surface area contributed by atoms with E-state index in [0.29, 0.717) is 18.9 Å². The Bertz CT molecular complexity index is 220. The molecular formula is C12H22N2O. The lowest BCUT2D eigenvalue weighted by atomic mass is 10.0. The third-order valence-corrected chi connectivity index (χ3v) is 2.47. The van der Waals surface area contributed by atoms with E-state index in [4.69, 9.17) is 12.2 Å². The molecule has 0 aliphatic carbocycles. The number of nitrogens with one attached hydrogen (secondary N) is 1. The van der Waals surface area contributed by atoms with E-state index in [1.807, 2.05) is 6.92 Å². The third-order valence-electron chi connectivity index (χ3n) is 2.47. The van der Waals surface area contributed by atoms with Gasteiger partial charge >= 0.3 is 0 Å². The molecule has 0 aliphatic heterocycles. The first-order valence-electron chi connectivity index (χ1n) is 5.59. The topological polar surface area (TPSA) is 55.1 Å². The standard InChI is InChI=1S/C12H22N2O/c1-4-11(5-2)14-12(15)7-6-10(3)8-9-13/h1,10-11H,5-9,13H2,2-3H3,(H,14,15). The van der Waals surface area contributed by atoms with Gasteiger partial charge in [-0.05, 0) is 31.7 Å². The van der Waals surface area contributed by atoms with Gasteiger partial charge in [0.25, 0.3) is 0 Å². The zero-order valence-corrected chi connectivity index (χ0v) is 9.75. The zero-order valence-electron chi connectivity index (χ0n) is 9.75. The number of amides is 1. The summed E-state index contributed by atoms with van der Waals surface area (Å²) in [7, 11) is 0. The molecule has 0 aromatic carbocycles. The van der Waals surface area contributed by atoms with E-state index < -0.39 is 0 Å². The molecule has 1 amide bonds. The Kier molecular flexibility index (Phi) is 7.75. The average molecular weight is 210 g/mol. The Morgan fingerprint density at radius 1 is 1.53 bits per heavy atom. The maximum Gasteiger partial charge on any atom is 0.220 e. The molecule has 0 bridgehead atoms. The molecule has 0 aliphatic rings. The Hall–Kier alpha value is -1.01. The molecule has 3 N–H and O–H groups in total. The molecule has 3 heteroatoms. The summed E-state index contributed by atoms with van der Waals surface area (Å²) in [6.45, 7) is 4.76. The number of carbonyl (C=O) groups excluding carboxylic acids is 1. The summed E-state index contributed by atoms with van der Waals surface area (Å²) in [6, 6.07) is -0.123. The predicted molar refractivity (Wildman–Crippen MR) is 63.1 cm³/mol. The molecule has 0 spiro atoms. The van der Waals surface area contributed by atoms with E-state index in [1.54, 1.807) is 0 Å². The van der Waals surface area contributed by atoms with Crippen molar-refractivity contribution in [1.82, 2.24) is 5.32 Å². The molecule has 0 rings (SSSR count). The maximum absolute atomic E-state index is 11.4. The number of hydrogen-bond donors (Lipinski definition) is 2. The minimum atomic E-state index is -0.123. The molecule has 0 aromatic rings. The zero-order chi connectivity index (χ0) is 11.7. The van der Waals surface area contributed by atoms with Crippen LogP contribution in [-0.4, -0.2) is 18.5 Å². The Labute approximate surface area is 92.8 Å². The Morgan fingerprint density at radius 3 is 2.67 bits per heavy atom. The van der Waals surface area contributed by atoms with Crippen LogP contribution in [-0.2, 0) is 4.79 Å². The van der Waals surface area contributed by atoms with Crippen LogP contribution in [0.4, 0.5) is 0 Å². The maximum atomic E-state index is 11.4. The lowest BCUT2D eigenvalue weighted by Crippen LogP contribution is -2.33. The Balaban J connectivity index is 3.70. The molecule has 15 heavy (non-hydrogen) atoms. The van der Waals surface area contributed by atoms with E-state index in [0.717, 1.165) is 19.3 Å². The second-order valence-corrected chi connectivity index (χ2v) is 3.92. The highest BCUT2D eigenvalue weighted by atomic mass is 16.1. The van der Waals surface area contributed by atoms with Gasteiger partial charge in [-0.25, -0.2) is 0 Å². The summed E-state index contributed by atoms with van der Waals surface area (Å²) in [4.78, 5) is 11.4. The molecule has 2 unspecified atom stereocenters. The quantitative estimate of drug-likeness (QED) is 0.622. The third kappa shape index (κ3) is 6.98.